The fourth-order valence-electron chi connectivity index (χ4n) is 2.74. The van der Waals surface area contributed by atoms with Gasteiger partial charge in [0.15, 0.2) is 5.60 Å². The van der Waals surface area contributed by atoms with E-state index in [2.05, 4.69) is 4.98 Å². The second kappa shape index (κ2) is 6.04. The highest BCUT2D eigenvalue weighted by molar-refractivity contribution is 6.68. The molecule has 0 atom stereocenters. The van der Waals surface area contributed by atoms with Crippen molar-refractivity contribution in [3.8, 4) is 0 Å². The summed E-state index contributed by atoms with van der Waals surface area (Å²) in [6.07, 6.45) is -0.111. The zero-order valence-electron chi connectivity index (χ0n) is 13.3. The molecule has 0 spiro atoms. The third-order valence-electron chi connectivity index (χ3n) is 4.22. The Balaban J connectivity index is 1.93. The smallest absolute Gasteiger partial charge is 0.414 e. The summed E-state index contributed by atoms with van der Waals surface area (Å²) < 4.78 is 16.5. The topological polar surface area (TPSA) is 62.4 Å². The van der Waals surface area contributed by atoms with Gasteiger partial charge in [0.25, 0.3) is 0 Å². The van der Waals surface area contributed by atoms with Crippen molar-refractivity contribution in [3.05, 3.63) is 29.5 Å². The van der Waals surface area contributed by atoms with Crippen molar-refractivity contribution in [2.45, 2.75) is 29.7 Å². The first-order valence-corrected chi connectivity index (χ1v) is 8.56. The van der Waals surface area contributed by atoms with Gasteiger partial charge in [-0.3, -0.25) is 9.69 Å². The average Bonchev–Trinajstić information content (AvgIpc) is 3.08. The van der Waals surface area contributed by atoms with E-state index in [1.807, 2.05) is 0 Å². The highest BCUT2D eigenvalue weighted by atomic mass is 35.6. The molecule has 134 valence electrons. The molecule has 9 heteroatoms. The molecule has 1 aliphatic rings. The number of hydrogen-bond donors (Lipinski definition) is 1. The predicted molar refractivity (Wildman–Crippen MR) is 95.6 cm³/mol. The predicted octanol–water partition coefficient (Wildman–Crippen LogP) is 4.93. The maximum Gasteiger partial charge on any atom is 0.414 e. The van der Waals surface area contributed by atoms with Crippen LogP contribution in [0.15, 0.2) is 18.2 Å². The number of H-pyrrole nitrogens is 1. The van der Waals surface area contributed by atoms with Crippen LogP contribution in [0.3, 0.4) is 0 Å². The summed E-state index contributed by atoms with van der Waals surface area (Å²) in [6, 6.07) is 3.28. The van der Waals surface area contributed by atoms with E-state index in [9.17, 15) is 14.0 Å². The molecule has 0 bridgehead atoms. The van der Waals surface area contributed by atoms with Crippen LogP contribution in [0.25, 0.3) is 10.9 Å². The second-order valence-corrected chi connectivity index (χ2v) is 8.54. The Bertz CT molecular complexity index is 873. The SMILES string of the molecule is CC(C)(OC(=O)N1CCc2c1ccc1[nH]c(C(=O)F)cc21)C(Cl)(Cl)Cl. The van der Waals surface area contributed by atoms with Crippen molar-refractivity contribution in [2.24, 2.45) is 0 Å². The van der Waals surface area contributed by atoms with Crippen LogP contribution in [0.5, 0.6) is 0 Å². The molecule has 0 saturated carbocycles. The number of nitrogens with zero attached hydrogens (tertiary/aromatic N) is 1. The van der Waals surface area contributed by atoms with E-state index in [0.29, 0.717) is 29.6 Å². The van der Waals surface area contributed by atoms with Gasteiger partial charge >= 0.3 is 12.1 Å². The van der Waals surface area contributed by atoms with Gasteiger partial charge in [-0.15, -0.1) is 0 Å². The number of amides is 1. The van der Waals surface area contributed by atoms with Crippen LogP contribution in [-0.2, 0) is 11.2 Å². The number of alkyl halides is 3. The van der Waals surface area contributed by atoms with Gasteiger partial charge in [-0.2, -0.15) is 4.39 Å². The number of aromatic nitrogens is 1. The molecule has 0 aliphatic carbocycles. The summed E-state index contributed by atoms with van der Waals surface area (Å²) in [4.78, 5) is 27.6. The van der Waals surface area contributed by atoms with Crippen LogP contribution in [0.4, 0.5) is 14.9 Å². The molecule has 25 heavy (non-hydrogen) atoms. The van der Waals surface area contributed by atoms with Crippen molar-refractivity contribution in [2.75, 3.05) is 11.4 Å². The summed E-state index contributed by atoms with van der Waals surface area (Å²) in [5.41, 5.74) is 0.612. The molecule has 0 radical (unpaired) electrons. The Morgan fingerprint density at radius 1 is 1.28 bits per heavy atom. The van der Waals surface area contributed by atoms with Crippen LogP contribution < -0.4 is 4.90 Å². The van der Waals surface area contributed by atoms with Gasteiger partial charge < -0.3 is 9.72 Å². The lowest BCUT2D eigenvalue weighted by atomic mass is 10.1. The van der Waals surface area contributed by atoms with Crippen LogP contribution in [0.2, 0.25) is 0 Å². The van der Waals surface area contributed by atoms with Gasteiger partial charge in [0.05, 0.1) is 5.69 Å². The molecule has 2 heterocycles. The quantitative estimate of drug-likeness (QED) is 0.567. The molecule has 3 rings (SSSR count). The zero-order valence-corrected chi connectivity index (χ0v) is 15.6. The van der Waals surface area contributed by atoms with E-state index in [4.69, 9.17) is 39.5 Å². The lowest BCUT2D eigenvalue weighted by Gasteiger charge is -2.33. The van der Waals surface area contributed by atoms with E-state index in [-0.39, 0.29) is 5.69 Å². The summed E-state index contributed by atoms with van der Waals surface area (Å²) in [5.74, 6) is 0. The van der Waals surface area contributed by atoms with Crippen molar-refractivity contribution in [1.82, 2.24) is 4.98 Å². The molecule has 0 saturated heterocycles. The Kier molecular flexibility index (Phi) is 4.42. The standard InChI is InChI=1S/C16H14Cl3FN2O3/c1-15(2,16(17,18)19)25-14(24)22-6-5-8-9-7-11(13(20)23)21-10(9)3-4-12(8)22/h3-4,7,21H,5-6H2,1-2H3. The Morgan fingerprint density at radius 2 is 1.96 bits per heavy atom. The number of rotatable bonds is 2. The monoisotopic (exact) mass is 406 g/mol. The first-order chi connectivity index (χ1) is 11.5. The first kappa shape index (κ1) is 18.3. The summed E-state index contributed by atoms with van der Waals surface area (Å²) in [6.45, 7) is 3.38. The minimum Gasteiger partial charge on any atom is -0.439 e. The number of benzene rings is 1. The number of nitrogens with one attached hydrogen (secondary N) is 1. The number of hydrogen-bond acceptors (Lipinski definition) is 3. The fourth-order valence-corrected chi connectivity index (χ4v) is 2.85. The van der Waals surface area contributed by atoms with Crippen LogP contribution >= 0.6 is 34.8 Å². The number of halogens is 4. The zero-order chi connectivity index (χ0) is 18.6. The number of anilines is 1. The Hall–Kier alpha value is -1.50. The van der Waals surface area contributed by atoms with Crippen molar-refractivity contribution >= 4 is 63.5 Å². The number of ether oxygens (including phenoxy) is 1. The molecule has 1 N–H and O–H groups in total. The second-order valence-electron chi connectivity index (χ2n) is 6.26. The van der Waals surface area contributed by atoms with Gasteiger partial charge in [0.1, 0.15) is 5.69 Å². The molecule has 1 aliphatic heterocycles. The minimum absolute atomic E-state index is 0.123. The molecule has 0 fully saturated rings. The van der Waals surface area contributed by atoms with Gasteiger partial charge in [0.2, 0.25) is 3.79 Å². The number of carbonyl (C=O) groups is 2. The lowest BCUT2D eigenvalue weighted by Crippen LogP contribution is -2.45. The van der Waals surface area contributed by atoms with Crippen molar-refractivity contribution < 1.29 is 18.7 Å². The normalized spacial score (nSPS) is 14.7. The molecule has 5 nitrogen and oxygen atoms in total. The third kappa shape index (κ3) is 3.18. The molecule has 1 aromatic carbocycles. The summed E-state index contributed by atoms with van der Waals surface area (Å²) >= 11 is 17.5. The minimum atomic E-state index is -1.79. The van der Waals surface area contributed by atoms with Crippen LogP contribution in [-0.4, -0.2) is 33.1 Å². The van der Waals surface area contributed by atoms with Gasteiger partial charge in [-0.25, -0.2) is 4.79 Å². The molecular weight excluding hydrogens is 394 g/mol. The molecule has 2 aromatic rings. The fraction of sp³-hybridized carbons (Fsp3) is 0.375. The van der Waals surface area contributed by atoms with E-state index < -0.39 is 21.5 Å². The van der Waals surface area contributed by atoms with E-state index in [1.165, 1.54) is 24.8 Å². The van der Waals surface area contributed by atoms with Crippen molar-refractivity contribution in [3.63, 3.8) is 0 Å². The summed E-state index contributed by atoms with van der Waals surface area (Å²) in [7, 11) is 0. The lowest BCUT2D eigenvalue weighted by molar-refractivity contribution is 0.0470. The van der Waals surface area contributed by atoms with E-state index >= 15 is 0 Å². The molecular formula is C16H14Cl3FN2O3. The first-order valence-electron chi connectivity index (χ1n) is 7.43. The van der Waals surface area contributed by atoms with Crippen LogP contribution in [0, 0.1) is 0 Å². The largest absolute Gasteiger partial charge is 0.439 e. The summed E-state index contributed by atoms with van der Waals surface area (Å²) in [5, 5.41) is 0.689. The Labute approximate surface area is 158 Å². The van der Waals surface area contributed by atoms with E-state index in [1.54, 1.807) is 12.1 Å². The van der Waals surface area contributed by atoms with Crippen molar-refractivity contribution in [1.29, 1.82) is 0 Å². The maximum atomic E-state index is 12.9. The van der Waals surface area contributed by atoms with Crippen LogP contribution in [0.1, 0.15) is 29.9 Å². The highest BCUT2D eigenvalue weighted by Crippen LogP contribution is 2.42. The van der Waals surface area contributed by atoms with Gasteiger partial charge in [-0.1, -0.05) is 34.8 Å². The van der Waals surface area contributed by atoms with Gasteiger partial charge in [0, 0.05) is 17.4 Å². The molecule has 1 aromatic heterocycles. The maximum absolute atomic E-state index is 12.9. The highest BCUT2D eigenvalue weighted by Gasteiger charge is 2.45. The van der Waals surface area contributed by atoms with Gasteiger partial charge in [-0.05, 0) is 44.0 Å². The van der Waals surface area contributed by atoms with E-state index in [0.717, 1.165) is 5.56 Å². The average molecular weight is 408 g/mol. The third-order valence-corrected chi connectivity index (χ3v) is 5.59. The molecule has 0 unspecified atom stereocenters. The molecule has 1 amide bonds. The number of aromatic amines is 1. The number of fused-ring (bicyclic) bond motifs is 3. The number of carbonyl (C=O) groups excluding carboxylic acids is 2. The Morgan fingerprint density at radius 3 is 2.56 bits per heavy atom.